The minimum absolute atomic E-state index is 0.107. The van der Waals surface area contributed by atoms with Crippen molar-refractivity contribution in [1.82, 2.24) is 9.55 Å². The van der Waals surface area contributed by atoms with Gasteiger partial charge in [-0.25, -0.2) is 4.98 Å². The highest BCUT2D eigenvalue weighted by Crippen LogP contribution is 2.41. The Morgan fingerprint density at radius 1 is 1.27 bits per heavy atom. The fraction of sp³-hybridized carbons (Fsp3) is 0.238. The smallest absolute Gasteiger partial charge is 0.215 e. The van der Waals surface area contributed by atoms with Crippen LogP contribution in [0.4, 0.5) is 5.69 Å². The molecule has 4 rings (SSSR count). The van der Waals surface area contributed by atoms with Crippen molar-refractivity contribution < 1.29 is 9.47 Å². The lowest BCUT2D eigenvalue weighted by atomic mass is 10.1. The second-order valence-corrected chi connectivity index (χ2v) is 8.79. The van der Waals surface area contributed by atoms with Crippen LogP contribution >= 0.6 is 47.2 Å². The molecule has 1 aliphatic rings. The molecule has 1 saturated heterocycles. The van der Waals surface area contributed by atoms with Crippen LogP contribution in [-0.4, -0.2) is 33.2 Å². The van der Waals surface area contributed by atoms with E-state index in [9.17, 15) is 0 Å². The van der Waals surface area contributed by atoms with Gasteiger partial charge < -0.3 is 14.0 Å². The second-order valence-electron chi connectivity index (χ2n) is 6.67. The minimum atomic E-state index is -1.01. The lowest BCUT2D eigenvalue weighted by molar-refractivity contribution is -0.184. The second kappa shape index (κ2) is 9.62. The predicted molar refractivity (Wildman–Crippen MR) is 123 cm³/mol. The number of aromatic nitrogens is 2. The van der Waals surface area contributed by atoms with Gasteiger partial charge in [0.25, 0.3) is 0 Å². The maximum Gasteiger partial charge on any atom is 0.215 e. The number of hydrogen-bond donors (Lipinski definition) is 0. The summed E-state index contributed by atoms with van der Waals surface area (Å²) >= 11 is 18.9. The summed E-state index contributed by atoms with van der Waals surface area (Å²) in [6.07, 6.45) is 5.20. The zero-order valence-electron chi connectivity index (χ0n) is 15.7. The summed E-state index contributed by atoms with van der Waals surface area (Å²) in [6, 6.07) is 13.2. The Kier molecular flexibility index (Phi) is 6.91. The molecule has 5 nitrogen and oxygen atoms in total. The first-order valence-electron chi connectivity index (χ1n) is 9.12. The molecule has 0 unspecified atom stereocenters. The number of rotatable bonds is 7. The number of thiocarbonyl (C=S) groups is 1. The van der Waals surface area contributed by atoms with Crippen molar-refractivity contribution in [3.63, 3.8) is 0 Å². The molecule has 30 heavy (non-hydrogen) atoms. The highest BCUT2D eigenvalue weighted by molar-refractivity contribution is 7.99. The van der Waals surface area contributed by atoms with Gasteiger partial charge in [-0.2, -0.15) is 4.99 Å². The fourth-order valence-electron chi connectivity index (χ4n) is 3.23. The molecule has 0 saturated carbocycles. The molecule has 0 amide bonds. The van der Waals surface area contributed by atoms with Crippen LogP contribution in [0.1, 0.15) is 5.56 Å². The third-order valence-corrected chi connectivity index (χ3v) is 6.38. The van der Waals surface area contributed by atoms with Crippen LogP contribution in [0.15, 0.2) is 71.1 Å². The highest BCUT2D eigenvalue weighted by Gasteiger charge is 2.45. The topological polar surface area (TPSA) is 48.6 Å². The first kappa shape index (κ1) is 21.5. The van der Waals surface area contributed by atoms with Crippen molar-refractivity contribution >= 4 is 58.0 Å². The van der Waals surface area contributed by atoms with Gasteiger partial charge in [0.15, 0.2) is 0 Å². The van der Waals surface area contributed by atoms with Gasteiger partial charge in [-0.1, -0.05) is 29.3 Å². The molecule has 1 fully saturated rings. The first-order valence-corrected chi connectivity index (χ1v) is 11.3. The van der Waals surface area contributed by atoms with Gasteiger partial charge in [-0.15, -0.1) is 11.8 Å². The van der Waals surface area contributed by atoms with E-state index in [1.807, 2.05) is 41.1 Å². The Morgan fingerprint density at radius 2 is 2.10 bits per heavy atom. The van der Waals surface area contributed by atoms with E-state index in [0.29, 0.717) is 23.2 Å². The van der Waals surface area contributed by atoms with Crippen LogP contribution in [0.3, 0.4) is 0 Å². The lowest BCUT2D eigenvalue weighted by Gasteiger charge is -2.30. The van der Waals surface area contributed by atoms with E-state index in [0.717, 1.165) is 21.9 Å². The number of halogens is 2. The van der Waals surface area contributed by atoms with Gasteiger partial charge in [-0.3, -0.25) is 0 Å². The molecular weight excluding hydrogens is 461 g/mol. The molecule has 0 bridgehead atoms. The molecular formula is C21H17Cl2N3O2S2. The largest absolute Gasteiger partial charge is 0.342 e. The fourth-order valence-corrected chi connectivity index (χ4v) is 4.76. The maximum atomic E-state index is 6.50. The van der Waals surface area contributed by atoms with Crippen LogP contribution in [0, 0.1) is 0 Å². The van der Waals surface area contributed by atoms with Gasteiger partial charge in [-0.05, 0) is 48.6 Å². The quantitative estimate of drug-likeness (QED) is 0.237. The SMILES string of the molecule is S=C=Nc1ccc(SC[C@@H]2CO[C@@](Cn3ccnc3)(c3ccc(Cl)cc3Cl)O2)cc1. The van der Waals surface area contributed by atoms with Gasteiger partial charge in [0.2, 0.25) is 5.79 Å². The third kappa shape index (κ3) is 4.95. The zero-order chi connectivity index (χ0) is 21.0. The van der Waals surface area contributed by atoms with Crippen LogP contribution in [0.2, 0.25) is 10.0 Å². The number of ether oxygens (including phenoxy) is 2. The van der Waals surface area contributed by atoms with Crippen molar-refractivity contribution in [3.05, 3.63) is 76.8 Å². The highest BCUT2D eigenvalue weighted by atomic mass is 35.5. The number of hydrogen-bond acceptors (Lipinski definition) is 6. The summed E-state index contributed by atoms with van der Waals surface area (Å²) in [6.45, 7) is 0.883. The van der Waals surface area contributed by atoms with Crippen molar-refractivity contribution in [2.45, 2.75) is 23.3 Å². The van der Waals surface area contributed by atoms with Gasteiger partial charge in [0.05, 0.1) is 41.5 Å². The van der Waals surface area contributed by atoms with Gasteiger partial charge in [0.1, 0.15) is 0 Å². The summed E-state index contributed by atoms with van der Waals surface area (Å²) in [5.74, 6) is -0.280. The number of isothiocyanates is 1. The molecule has 1 aromatic heterocycles. The van der Waals surface area contributed by atoms with Crippen molar-refractivity contribution in [2.75, 3.05) is 12.4 Å². The first-order chi connectivity index (χ1) is 14.6. The summed E-state index contributed by atoms with van der Waals surface area (Å²) in [4.78, 5) is 9.19. The van der Waals surface area contributed by atoms with Crippen LogP contribution in [-0.2, 0) is 21.8 Å². The normalized spacial score (nSPS) is 20.8. The number of nitrogens with zero attached hydrogens (tertiary/aromatic N) is 3. The molecule has 2 atom stereocenters. The van der Waals surface area contributed by atoms with E-state index in [1.165, 1.54) is 0 Å². The van der Waals surface area contributed by atoms with E-state index >= 15 is 0 Å². The van der Waals surface area contributed by atoms with Crippen molar-refractivity contribution in [1.29, 1.82) is 0 Å². The minimum Gasteiger partial charge on any atom is -0.342 e. The number of aliphatic imine (C=N–C) groups is 1. The molecule has 154 valence electrons. The van der Waals surface area contributed by atoms with E-state index in [-0.39, 0.29) is 6.10 Å². The predicted octanol–water partition coefficient (Wildman–Crippen LogP) is 5.98. The summed E-state index contributed by atoms with van der Waals surface area (Å²) in [5.41, 5.74) is 1.53. The van der Waals surface area contributed by atoms with E-state index in [4.69, 9.17) is 32.7 Å². The van der Waals surface area contributed by atoms with Crippen molar-refractivity contribution in [2.24, 2.45) is 4.99 Å². The molecule has 0 spiro atoms. The Hall–Kier alpha value is -1.70. The number of imidazole rings is 1. The lowest BCUT2D eigenvalue weighted by Crippen LogP contribution is -2.34. The van der Waals surface area contributed by atoms with Crippen LogP contribution in [0.5, 0.6) is 0 Å². The molecule has 2 heterocycles. The monoisotopic (exact) mass is 477 g/mol. The Bertz CT molecular complexity index is 1060. The molecule has 2 aromatic carbocycles. The van der Waals surface area contributed by atoms with Crippen molar-refractivity contribution in [3.8, 4) is 0 Å². The zero-order valence-corrected chi connectivity index (χ0v) is 18.8. The molecule has 9 heteroatoms. The van der Waals surface area contributed by atoms with E-state index < -0.39 is 5.79 Å². The summed E-state index contributed by atoms with van der Waals surface area (Å²) < 4.78 is 14.6. The molecule has 1 aliphatic heterocycles. The Labute approximate surface area is 194 Å². The van der Waals surface area contributed by atoms with E-state index in [2.05, 4.69) is 27.4 Å². The molecule has 0 N–H and O–H groups in total. The van der Waals surface area contributed by atoms with Gasteiger partial charge >= 0.3 is 0 Å². The summed E-state index contributed by atoms with van der Waals surface area (Å²) in [5, 5.41) is 3.44. The average molecular weight is 478 g/mol. The standard InChI is InChI=1S/C21H17Cl2N3O2S2/c22-15-1-6-19(20(23)9-15)21(12-26-8-7-24-13-26)27-10-17(28-21)11-30-18-4-2-16(3-5-18)25-14-29/h1-9,13,17H,10-12H2/t17-,21+/m0/s1. The molecule has 0 aliphatic carbocycles. The Balaban J connectivity index is 1.50. The van der Waals surface area contributed by atoms with Gasteiger partial charge in [0, 0.05) is 33.6 Å². The van der Waals surface area contributed by atoms with Crippen LogP contribution in [0.25, 0.3) is 0 Å². The maximum absolute atomic E-state index is 6.50. The molecule has 0 radical (unpaired) electrons. The number of benzene rings is 2. The van der Waals surface area contributed by atoms with Crippen LogP contribution < -0.4 is 0 Å². The average Bonchev–Trinajstić information content (AvgIpc) is 3.38. The summed E-state index contributed by atoms with van der Waals surface area (Å²) in [7, 11) is 0. The molecule has 3 aromatic rings. The van der Waals surface area contributed by atoms with E-state index in [1.54, 1.807) is 36.4 Å². The number of thioether (sulfide) groups is 1. The Morgan fingerprint density at radius 3 is 2.80 bits per heavy atom. The third-order valence-electron chi connectivity index (χ3n) is 4.60.